The number of hydrogen-bond donors (Lipinski definition) is 0. The molecule has 6 heteroatoms. The molecule has 0 spiro atoms. The molecule has 0 amide bonds. The lowest BCUT2D eigenvalue weighted by atomic mass is 10.1. The zero-order valence-electron chi connectivity index (χ0n) is 13.2. The third-order valence-corrected chi connectivity index (χ3v) is 5.21. The highest BCUT2D eigenvalue weighted by molar-refractivity contribution is 7.08. The molecule has 1 aliphatic rings. The molecule has 0 bridgehead atoms. The van der Waals surface area contributed by atoms with Crippen molar-refractivity contribution in [2.45, 2.75) is 25.3 Å². The van der Waals surface area contributed by atoms with Gasteiger partial charge in [0.05, 0.1) is 18.5 Å². The van der Waals surface area contributed by atoms with E-state index in [2.05, 4.69) is 38.9 Å². The highest BCUT2D eigenvalue weighted by atomic mass is 32.1. The van der Waals surface area contributed by atoms with E-state index in [0.29, 0.717) is 18.5 Å². The number of hydrogen-bond acceptors (Lipinski definition) is 5. The Balaban J connectivity index is 1.48. The van der Waals surface area contributed by atoms with Gasteiger partial charge in [-0.05, 0) is 50.4 Å². The van der Waals surface area contributed by atoms with Gasteiger partial charge in [-0.25, -0.2) is 9.50 Å². The molecular formula is C17H20N4OS. The lowest BCUT2D eigenvalue weighted by Crippen LogP contribution is -2.26. The van der Waals surface area contributed by atoms with Crippen LogP contribution in [0.1, 0.15) is 19.3 Å². The molecule has 23 heavy (non-hydrogen) atoms. The van der Waals surface area contributed by atoms with Crippen molar-refractivity contribution >= 4 is 17.0 Å². The summed E-state index contributed by atoms with van der Waals surface area (Å²) in [6.07, 6.45) is 5.49. The first-order chi connectivity index (χ1) is 11.3. The van der Waals surface area contributed by atoms with E-state index >= 15 is 0 Å². The fourth-order valence-electron chi connectivity index (χ4n) is 3.18. The van der Waals surface area contributed by atoms with Crippen LogP contribution < -0.4 is 4.74 Å². The predicted molar refractivity (Wildman–Crippen MR) is 92.1 cm³/mol. The molecule has 0 aromatic carbocycles. The van der Waals surface area contributed by atoms with E-state index in [4.69, 9.17) is 4.74 Å². The number of thiophene rings is 1. The third kappa shape index (κ3) is 2.96. The molecule has 4 heterocycles. The van der Waals surface area contributed by atoms with Crippen LogP contribution in [0.2, 0.25) is 0 Å². The summed E-state index contributed by atoms with van der Waals surface area (Å²) in [5, 5.41) is 8.77. The van der Waals surface area contributed by atoms with Crippen LogP contribution >= 0.6 is 11.3 Å². The summed E-state index contributed by atoms with van der Waals surface area (Å²) in [6.45, 7) is 1.91. The van der Waals surface area contributed by atoms with Crippen molar-refractivity contribution in [3.05, 3.63) is 35.2 Å². The van der Waals surface area contributed by atoms with E-state index in [9.17, 15) is 0 Å². The van der Waals surface area contributed by atoms with Gasteiger partial charge in [0.2, 0.25) is 5.88 Å². The quantitative estimate of drug-likeness (QED) is 0.720. The summed E-state index contributed by atoms with van der Waals surface area (Å²) in [5.41, 5.74) is 2.98. The predicted octanol–water partition coefficient (Wildman–Crippen LogP) is 3.32. The number of likely N-dealkylation sites (tertiary alicyclic amines) is 1. The Morgan fingerprint density at radius 2 is 2.30 bits per heavy atom. The van der Waals surface area contributed by atoms with E-state index in [-0.39, 0.29) is 0 Å². The maximum absolute atomic E-state index is 5.88. The molecule has 0 aliphatic carbocycles. The Labute approximate surface area is 139 Å². The molecule has 1 aliphatic heterocycles. The molecule has 1 fully saturated rings. The van der Waals surface area contributed by atoms with Crippen LogP contribution in [-0.4, -0.2) is 45.7 Å². The minimum Gasteiger partial charge on any atom is -0.477 e. The Morgan fingerprint density at radius 1 is 1.35 bits per heavy atom. The molecule has 0 N–H and O–H groups in total. The van der Waals surface area contributed by atoms with Gasteiger partial charge in [-0.15, -0.1) is 5.10 Å². The van der Waals surface area contributed by atoms with Crippen LogP contribution in [0.15, 0.2) is 35.2 Å². The largest absolute Gasteiger partial charge is 0.477 e. The summed E-state index contributed by atoms with van der Waals surface area (Å²) in [5.74, 6) is 0.660. The Kier molecular flexibility index (Phi) is 4.01. The second kappa shape index (κ2) is 6.29. The molecule has 1 unspecified atom stereocenters. The highest BCUT2D eigenvalue weighted by Crippen LogP contribution is 2.23. The topological polar surface area (TPSA) is 42.7 Å². The van der Waals surface area contributed by atoms with Crippen molar-refractivity contribution in [3.8, 4) is 17.1 Å². The van der Waals surface area contributed by atoms with Crippen LogP contribution in [0.4, 0.5) is 0 Å². The van der Waals surface area contributed by atoms with Gasteiger partial charge < -0.3 is 9.64 Å². The number of imidazole rings is 1. The molecule has 3 aromatic rings. The van der Waals surface area contributed by atoms with E-state index in [1.54, 1.807) is 11.3 Å². The average Bonchev–Trinajstić information content (AvgIpc) is 3.28. The van der Waals surface area contributed by atoms with Gasteiger partial charge in [0.25, 0.3) is 0 Å². The van der Waals surface area contributed by atoms with Gasteiger partial charge in [-0.1, -0.05) is 0 Å². The van der Waals surface area contributed by atoms with Crippen LogP contribution in [0.5, 0.6) is 5.88 Å². The van der Waals surface area contributed by atoms with Crippen molar-refractivity contribution in [2.24, 2.45) is 0 Å². The van der Waals surface area contributed by atoms with Gasteiger partial charge >= 0.3 is 0 Å². The fourth-order valence-corrected chi connectivity index (χ4v) is 3.83. The zero-order valence-corrected chi connectivity index (χ0v) is 14.0. The van der Waals surface area contributed by atoms with Gasteiger partial charge in [-0.2, -0.15) is 11.3 Å². The van der Waals surface area contributed by atoms with Crippen molar-refractivity contribution in [1.82, 2.24) is 19.5 Å². The molecule has 120 valence electrons. The number of fused-ring (bicyclic) bond motifs is 1. The van der Waals surface area contributed by atoms with Crippen LogP contribution in [0.25, 0.3) is 16.9 Å². The summed E-state index contributed by atoms with van der Waals surface area (Å²) in [7, 11) is 2.20. The smallest absolute Gasteiger partial charge is 0.231 e. The molecule has 3 aromatic heterocycles. The summed E-state index contributed by atoms with van der Waals surface area (Å²) in [4.78, 5) is 6.83. The lowest BCUT2D eigenvalue weighted by Gasteiger charge is -2.19. The van der Waals surface area contributed by atoms with E-state index in [1.165, 1.54) is 19.4 Å². The second-order valence-electron chi connectivity index (χ2n) is 6.01. The molecule has 0 radical (unpaired) electrons. The van der Waals surface area contributed by atoms with Gasteiger partial charge in [0.1, 0.15) is 0 Å². The molecule has 5 nitrogen and oxygen atoms in total. The summed E-state index contributed by atoms with van der Waals surface area (Å²) >= 11 is 1.67. The maximum atomic E-state index is 5.88. The number of aromatic nitrogens is 3. The first-order valence-corrected chi connectivity index (χ1v) is 8.96. The Morgan fingerprint density at radius 3 is 3.09 bits per heavy atom. The second-order valence-corrected chi connectivity index (χ2v) is 6.79. The minimum absolute atomic E-state index is 0.647. The van der Waals surface area contributed by atoms with E-state index in [0.717, 1.165) is 23.3 Å². The Bertz CT molecular complexity index is 783. The molecular weight excluding hydrogens is 308 g/mol. The van der Waals surface area contributed by atoms with Gasteiger partial charge in [0, 0.05) is 23.1 Å². The Hall–Kier alpha value is -1.92. The normalized spacial score (nSPS) is 18.7. The van der Waals surface area contributed by atoms with E-state index in [1.807, 2.05) is 22.8 Å². The van der Waals surface area contributed by atoms with Crippen molar-refractivity contribution in [2.75, 3.05) is 20.2 Å². The third-order valence-electron chi connectivity index (χ3n) is 4.53. The van der Waals surface area contributed by atoms with Crippen LogP contribution in [-0.2, 0) is 0 Å². The molecule has 0 saturated carbocycles. The van der Waals surface area contributed by atoms with Crippen molar-refractivity contribution < 1.29 is 4.74 Å². The van der Waals surface area contributed by atoms with Gasteiger partial charge in [-0.3, -0.25) is 0 Å². The number of rotatable bonds is 5. The zero-order chi connectivity index (χ0) is 15.6. The van der Waals surface area contributed by atoms with Crippen LogP contribution in [0.3, 0.4) is 0 Å². The standard InChI is InChI=1S/C17H20N4OS/c1-20-8-2-3-14(20)6-9-22-17-5-4-16-18-11-15(21(16)19-17)13-7-10-23-12-13/h4-5,7,10-12,14H,2-3,6,8-9H2,1H3. The monoisotopic (exact) mass is 328 g/mol. The van der Waals surface area contributed by atoms with Crippen molar-refractivity contribution in [1.29, 1.82) is 0 Å². The summed E-state index contributed by atoms with van der Waals surface area (Å²) in [6, 6.07) is 6.59. The highest BCUT2D eigenvalue weighted by Gasteiger charge is 2.20. The lowest BCUT2D eigenvalue weighted by molar-refractivity contribution is 0.227. The van der Waals surface area contributed by atoms with Gasteiger partial charge in [0.15, 0.2) is 5.65 Å². The van der Waals surface area contributed by atoms with Crippen molar-refractivity contribution in [3.63, 3.8) is 0 Å². The molecule has 1 atom stereocenters. The van der Waals surface area contributed by atoms with E-state index < -0.39 is 0 Å². The van der Waals surface area contributed by atoms with Crippen LogP contribution in [0, 0.1) is 0 Å². The molecule has 1 saturated heterocycles. The minimum atomic E-state index is 0.647. The summed E-state index contributed by atoms with van der Waals surface area (Å²) < 4.78 is 7.74. The average molecular weight is 328 g/mol. The number of ether oxygens (including phenoxy) is 1. The first kappa shape index (κ1) is 14.7. The number of nitrogens with zero attached hydrogens (tertiary/aromatic N) is 4. The maximum Gasteiger partial charge on any atom is 0.231 e. The SMILES string of the molecule is CN1CCCC1CCOc1ccc2ncc(-c3ccsc3)n2n1. The molecule has 4 rings (SSSR count). The first-order valence-electron chi connectivity index (χ1n) is 8.02. The fraction of sp³-hybridized carbons (Fsp3) is 0.412.